The van der Waals surface area contributed by atoms with Gasteiger partial charge in [-0.25, -0.2) is 0 Å². The van der Waals surface area contributed by atoms with Gasteiger partial charge < -0.3 is 14.8 Å². The van der Waals surface area contributed by atoms with Crippen LogP contribution in [0.1, 0.15) is 68.2 Å². The van der Waals surface area contributed by atoms with Crippen molar-refractivity contribution in [1.29, 1.82) is 0 Å². The highest BCUT2D eigenvalue weighted by atomic mass is 35.5. The number of nitrogens with zero attached hydrogens (tertiary/aromatic N) is 2. The highest BCUT2D eigenvalue weighted by molar-refractivity contribution is 6.30. The maximum atomic E-state index is 13.4. The Labute approximate surface area is 239 Å². The zero-order chi connectivity index (χ0) is 27.8. The molecule has 2 atom stereocenters. The summed E-state index contributed by atoms with van der Waals surface area (Å²) >= 11 is 6.24. The molecule has 0 aliphatic heterocycles. The lowest BCUT2D eigenvalue weighted by Gasteiger charge is -2.21. The van der Waals surface area contributed by atoms with Crippen LogP contribution in [0.3, 0.4) is 0 Å². The Morgan fingerprint density at radius 3 is 2.36 bits per heavy atom. The molecule has 5 heteroatoms. The zero-order valence-corrected chi connectivity index (χ0v) is 24.5. The summed E-state index contributed by atoms with van der Waals surface area (Å²) in [5, 5.41) is 5.17. The first-order chi connectivity index (χ1) is 18.9. The molecule has 0 fully saturated rings. The zero-order valence-electron chi connectivity index (χ0n) is 23.8. The number of halogens is 1. The molecule has 1 amide bonds. The Morgan fingerprint density at radius 1 is 0.974 bits per heavy atom. The third kappa shape index (κ3) is 7.74. The van der Waals surface area contributed by atoms with E-state index in [4.69, 9.17) is 11.6 Å². The fourth-order valence-electron chi connectivity index (χ4n) is 5.43. The Bertz CT molecular complexity index is 1340. The molecule has 4 rings (SSSR count). The second kappa shape index (κ2) is 13.8. The molecule has 1 heterocycles. The molecule has 0 spiro atoms. The van der Waals surface area contributed by atoms with Crippen LogP contribution in [0.15, 0.2) is 79.0 Å². The first kappa shape index (κ1) is 28.9. The second-order valence-electron chi connectivity index (χ2n) is 10.7. The minimum Gasteiger partial charge on any atom is -0.354 e. The number of nitrogens with one attached hydrogen (secondary N) is 1. The number of para-hydroxylation sites is 1. The number of benzene rings is 3. The summed E-state index contributed by atoms with van der Waals surface area (Å²) < 4.78 is 2.31. The van der Waals surface area contributed by atoms with E-state index in [1.165, 1.54) is 27.6 Å². The van der Waals surface area contributed by atoms with Gasteiger partial charge in [0.1, 0.15) is 0 Å². The van der Waals surface area contributed by atoms with Crippen LogP contribution in [0.25, 0.3) is 10.9 Å². The van der Waals surface area contributed by atoms with Crippen LogP contribution >= 0.6 is 11.6 Å². The maximum Gasteiger partial charge on any atom is 0.221 e. The van der Waals surface area contributed by atoms with Crippen molar-refractivity contribution in [2.45, 2.75) is 65.5 Å². The lowest BCUT2D eigenvalue weighted by Crippen LogP contribution is -2.34. The fourth-order valence-corrected chi connectivity index (χ4v) is 5.55. The predicted octanol–water partition coefficient (Wildman–Crippen LogP) is 7.80. The van der Waals surface area contributed by atoms with E-state index in [0.29, 0.717) is 11.4 Å². The molecule has 0 saturated carbocycles. The number of hydrogen-bond acceptors (Lipinski definition) is 2. The van der Waals surface area contributed by atoms with Crippen molar-refractivity contribution in [1.82, 2.24) is 14.8 Å². The third-order valence-electron chi connectivity index (χ3n) is 7.74. The number of aryl methyl sites for hydroxylation is 1. The number of hydrogen-bond donors (Lipinski definition) is 1. The predicted molar refractivity (Wildman–Crippen MR) is 165 cm³/mol. The van der Waals surface area contributed by atoms with E-state index in [-0.39, 0.29) is 17.9 Å². The van der Waals surface area contributed by atoms with Gasteiger partial charge in [0.05, 0.1) is 0 Å². The van der Waals surface area contributed by atoms with E-state index in [9.17, 15) is 4.79 Å². The molecule has 0 radical (unpaired) electrons. The van der Waals surface area contributed by atoms with Crippen molar-refractivity contribution in [2.75, 3.05) is 19.6 Å². The Hall–Kier alpha value is -3.08. The highest BCUT2D eigenvalue weighted by Crippen LogP contribution is 2.35. The average molecular weight is 544 g/mol. The van der Waals surface area contributed by atoms with Crippen LogP contribution in [-0.4, -0.2) is 41.1 Å². The van der Waals surface area contributed by atoms with Gasteiger partial charge in [0.15, 0.2) is 0 Å². The van der Waals surface area contributed by atoms with Gasteiger partial charge in [-0.1, -0.05) is 85.6 Å². The van der Waals surface area contributed by atoms with Crippen molar-refractivity contribution in [3.63, 3.8) is 0 Å². The second-order valence-corrected chi connectivity index (χ2v) is 11.1. The fraction of sp³-hybridized carbons (Fsp3) is 0.382. The summed E-state index contributed by atoms with van der Waals surface area (Å²) in [6.07, 6.45) is 4.69. The van der Waals surface area contributed by atoms with Crippen molar-refractivity contribution >= 4 is 28.4 Å². The van der Waals surface area contributed by atoms with Crippen LogP contribution < -0.4 is 5.32 Å². The Morgan fingerprint density at radius 2 is 1.67 bits per heavy atom. The molecular formula is C34H42ClN3O. The molecular weight excluding hydrogens is 502 g/mol. The van der Waals surface area contributed by atoms with Crippen molar-refractivity contribution in [2.24, 2.45) is 0 Å². The molecule has 0 aliphatic rings. The topological polar surface area (TPSA) is 37.3 Å². The van der Waals surface area contributed by atoms with Gasteiger partial charge in [-0.15, -0.1) is 0 Å². The van der Waals surface area contributed by atoms with Gasteiger partial charge in [-0.2, -0.15) is 0 Å². The number of aromatic nitrogens is 1. The minimum absolute atomic E-state index is 0.0747. The Balaban J connectivity index is 1.58. The quantitative estimate of drug-likeness (QED) is 0.187. The summed E-state index contributed by atoms with van der Waals surface area (Å²) in [5.41, 5.74) is 5.96. The molecule has 1 N–H and O–H groups in total. The van der Waals surface area contributed by atoms with E-state index in [1.54, 1.807) is 0 Å². The number of carbonyl (C=O) groups excluding carboxylic acids is 1. The molecule has 0 bridgehead atoms. The molecule has 0 saturated heterocycles. The summed E-state index contributed by atoms with van der Waals surface area (Å²) in [6, 6.07) is 25.3. The van der Waals surface area contributed by atoms with Crippen LogP contribution in [0.5, 0.6) is 0 Å². The molecule has 39 heavy (non-hydrogen) atoms. The third-order valence-corrected chi connectivity index (χ3v) is 8.00. The normalized spacial score (nSPS) is 13.1. The lowest BCUT2D eigenvalue weighted by atomic mass is 9.88. The summed E-state index contributed by atoms with van der Waals surface area (Å²) in [4.78, 5) is 15.8. The molecule has 4 aromatic rings. The van der Waals surface area contributed by atoms with Crippen LogP contribution in [0, 0.1) is 6.92 Å². The van der Waals surface area contributed by atoms with E-state index in [0.717, 1.165) is 44.6 Å². The van der Waals surface area contributed by atoms with Crippen LogP contribution in [-0.2, 0) is 11.3 Å². The molecule has 3 aromatic carbocycles. The molecule has 0 aliphatic carbocycles. The molecule has 206 valence electrons. The summed E-state index contributed by atoms with van der Waals surface area (Å²) in [6.45, 7) is 12.6. The summed E-state index contributed by atoms with van der Waals surface area (Å²) in [5.74, 6) is 0.00923. The minimum atomic E-state index is -0.0747. The molecule has 0 unspecified atom stereocenters. The van der Waals surface area contributed by atoms with Crippen LogP contribution in [0.4, 0.5) is 0 Å². The number of fused-ring (bicyclic) bond motifs is 1. The monoisotopic (exact) mass is 543 g/mol. The molecule has 1 aromatic heterocycles. The van der Waals surface area contributed by atoms with Gasteiger partial charge in [0, 0.05) is 47.0 Å². The van der Waals surface area contributed by atoms with Crippen LogP contribution in [0.2, 0.25) is 5.02 Å². The Kier molecular flexibility index (Phi) is 10.2. The van der Waals surface area contributed by atoms with E-state index >= 15 is 0 Å². The molecule has 4 nitrogen and oxygen atoms in total. The van der Waals surface area contributed by atoms with Crippen molar-refractivity contribution < 1.29 is 4.79 Å². The average Bonchev–Trinajstić information content (AvgIpc) is 3.29. The van der Waals surface area contributed by atoms with Crippen molar-refractivity contribution in [3.05, 3.63) is 106 Å². The number of rotatable bonds is 13. The number of carbonyl (C=O) groups is 1. The van der Waals surface area contributed by atoms with Gasteiger partial charge in [-0.05, 0) is 81.2 Å². The number of amides is 1. The first-order valence-corrected chi connectivity index (χ1v) is 14.7. The largest absolute Gasteiger partial charge is 0.354 e. The van der Waals surface area contributed by atoms with Gasteiger partial charge in [0.2, 0.25) is 5.91 Å². The van der Waals surface area contributed by atoms with Gasteiger partial charge in [0.25, 0.3) is 0 Å². The van der Waals surface area contributed by atoms with Gasteiger partial charge in [-0.3, -0.25) is 4.79 Å². The SMILES string of the molecule is CCN(CC)CCC[C@H](C)NC(=O)C[C@H](c1ccc(Cl)cc1)c1cn(Cc2ccc(C)cc2)c2ccccc12. The van der Waals surface area contributed by atoms with Crippen molar-refractivity contribution in [3.8, 4) is 0 Å². The standard InChI is InChI=1S/C34H42ClN3O/c1-5-37(6-2)21-9-10-26(4)36-34(39)22-31(28-17-19-29(35)20-18-28)32-24-38(33-12-8-7-11-30(32)33)23-27-15-13-25(3)14-16-27/h7-8,11-20,24,26,31H,5-6,9-10,21-23H2,1-4H3,(H,36,39)/t26-,31+/m0/s1. The summed E-state index contributed by atoms with van der Waals surface area (Å²) in [7, 11) is 0. The van der Waals surface area contributed by atoms with E-state index < -0.39 is 0 Å². The first-order valence-electron chi connectivity index (χ1n) is 14.3. The van der Waals surface area contributed by atoms with Gasteiger partial charge >= 0.3 is 0 Å². The smallest absolute Gasteiger partial charge is 0.221 e. The lowest BCUT2D eigenvalue weighted by molar-refractivity contribution is -0.121. The van der Waals surface area contributed by atoms with E-state index in [2.05, 4.69) is 109 Å². The van der Waals surface area contributed by atoms with E-state index in [1.807, 2.05) is 12.1 Å². The maximum absolute atomic E-state index is 13.4. The highest BCUT2D eigenvalue weighted by Gasteiger charge is 2.23.